The van der Waals surface area contributed by atoms with Gasteiger partial charge in [-0.3, -0.25) is 9.52 Å². The average Bonchev–Trinajstić information content (AvgIpc) is 2.71. The summed E-state index contributed by atoms with van der Waals surface area (Å²) in [6.07, 6.45) is 0.568. The van der Waals surface area contributed by atoms with Crippen molar-refractivity contribution in [2.24, 2.45) is 0 Å². The average molecular weight is 412 g/mol. The van der Waals surface area contributed by atoms with E-state index < -0.39 is 10.0 Å². The lowest BCUT2D eigenvalue weighted by molar-refractivity contribution is 0.0954. The Morgan fingerprint density at radius 3 is 2.24 bits per heavy atom. The van der Waals surface area contributed by atoms with E-state index in [1.54, 1.807) is 24.3 Å². The summed E-state index contributed by atoms with van der Waals surface area (Å²) < 4.78 is 40.6. The van der Waals surface area contributed by atoms with Crippen molar-refractivity contribution in [1.82, 2.24) is 5.32 Å². The number of hydrogen-bond acceptors (Lipinski definition) is 3. The molecule has 0 saturated carbocycles. The van der Waals surface area contributed by atoms with Crippen LogP contribution in [0.5, 0.6) is 0 Å². The molecule has 7 heteroatoms. The van der Waals surface area contributed by atoms with Gasteiger partial charge in [0.2, 0.25) is 0 Å². The van der Waals surface area contributed by atoms with Crippen LogP contribution in [0.25, 0.3) is 0 Å². The first-order valence-electron chi connectivity index (χ1n) is 9.06. The van der Waals surface area contributed by atoms with Gasteiger partial charge in [-0.2, -0.15) is 0 Å². The maximum Gasteiger partial charge on any atom is 0.261 e. The molecule has 0 aliphatic heterocycles. The second kappa shape index (κ2) is 8.87. The van der Waals surface area contributed by atoms with Crippen molar-refractivity contribution in [3.05, 3.63) is 95.3 Å². The second-order valence-corrected chi connectivity index (χ2v) is 8.26. The van der Waals surface area contributed by atoms with Crippen LogP contribution in [-0.4, -0.2) is 20.9 Å². The van der Waals surface area contributed by atoms with Gasteiger partial charge in [0.1, 0.15) is 5.82 Å². The van der Waals surface area contributed by atoms with E-state index in [2.05, 4.69) is 10.0 Å². The summed E-state index contributed by atoms with van der Waals surface area (Å²) in [4.78, 5) is 12.3. The van der Waals surface area contributed by atoms with E-state index in [4.69, 9.17) is 0 Å². The Morgan fingerprint density at radius 1 is 0.931 bits per heavy atom. The first-order valence-corrected chi connectivity index (χ1v) is 10.5. The van der Waals surface area contributed by atoms with E-state index in [0.29, 0.717) is 24.2 Å². The number of benzene rings is 3. The second-order valence-electron chi connectivity index (χ2n) is 6.58. The van der Waals surface area contributed by atoms with Crippen molar-refractivity contribution in [3.63, 3.8) is 0 Å². The Labute approximate surface area is 169 Å². The molecule has 0 radical (unpaired) electrons. The maximum atomic E-state index is 12.9. The van der Waals surface area contributed by atoms with Crippen molar-refractivity contribution >= 4 is 21.6 Å². The number of anilines is 1. The molecule has 3 aromatic rings. The Bertz CT molecular complexity index is 1100. The molecule has 0 bridgehead atoms. The fraction of sp³-hybridized carbons (Fsp3) is 0.136. The third kappa shape index (κ3) is 5.42. The lowest BCUT2D eigenvalue weighted by atomic mass is 10.1. The van der Waals surface area contributed by atoms with Gasteiger partial charge >= 0.3 is 0 Å². The number of halogens is 1. The number of hydrogen-bond donors (Lipinski definition) is 2. The lowest BCUT2D eigenvalue weighted by Gasteiger charge is -2.11. The Balaban J connectivity index is 1.60. The number of para-hydroxylation sites is 1. The highest BCUT2D eigenvalue weighted by molar-refractivity contribution is 7.92. The summed E-state index contributed by atoms with van der Waals surface area (Å²) in [5.74, 6) is -0.604. The van der Waals surface area contributed by atoms with Crippen molar-refractivity contribution < 1.29 is 17.6 Å². The molecular formula is C22H21FN2O3S. The predicted octanol–water partition coefficient (Wildman–Crippen LogP) is 3.91. The number of carbonyl (C=O) groups excluding carboxylic acids is 1. The Hall–Kier alpha value is -3.19. The van der Waals surface area contributed by atoms with Crippen LogP contribution >= 0.6 is 0 Å². The van der Waals surface area contributed by atoms with Crippen LogP contribution in [0, 0.1) is 12.7 Å². The molecule has 2 N–H and O–H groups in total. The maximum absolute atomic E-state index is 12.9. The standard InChI is InChI=1S/C22H21FN2O3S/c1-16-4-2-3-5-21(16)25-29(27,28)20-12-8-18(9-13-20)22(26)24-15-14-17-6-10-19(23)11-7-17/h2-13,25H,14-15H2,1H3,(H,24,26). The molecule has 0 atom stereocenters. The number of aryl methyl sites for hydroxylation is 1. The molecule has 0 heterocycles. The van der Waals surface area contributed by atoms with Crippen LogP contribution in [0.15, 0.2) is 77.7 Å². The van der Waals surface area contributed by atoms with E-state index in [9.17, 15) is 17.6 Å². The number of amides is 1. The fourth-order valence-electron chi connectivity index (χ4n) is 2.75. The number of carbonyl (C=O) groups is 1. The third-order valence-electron chi connectivity index (χ3n) is 4.43. The molecule has 3 aromatic carbocycles. The van der Waals surface area contributed by atoms with E-state index in [0.717, 1.165) is 11.1 Å². The predicted molar refractivity (Wildman–Crippen MR) is 111 cm³/mol. The number of rotatable bonds is 7. The van der Waals surface area contributed by atoms with Crippen molar-refractivity contribution in [2.45, 2.75) is 18.2 Å². The van der Waals surface area contributed by atoms with E-state index in [1.165, 1.54) is 36.4 Å². The molecule has 0 unspecified atom stereocenters. The lowest BCUT2D eigenvalue weighted by Crippen LogP contribution is -2.25. The molecule has 29 heavy (non-hydrogen) atoms. The molecule has 0 aliphatic carbocycles. The minimum Gasteiger partial charge on any atom is -0.352 e. The van der Waals surface area contributed by atoms with Crippen LogP contribution in [-0.2, 0) is 16.4 Å². The van der Waals surface area contributed by atoms with Crippen LogP contribution in [0.4, 0.5) is 10.1 Å². The van der Waals surface area contributed by atoms with Crippen molar-refractivity contribution in [2.75, 3.05) is 11.3 Å². The number of sulfonamides is 1. The largest absolute Gasteiger partial charge is 0.352 e. The molecule has 0 aromatic heterocycles. The summed E-state index contributed by atoms with van der Waals surface area (Å²) in [6, 6.07) is 18.9. The van der Waals surface area contributed by atoms with E-state index in [-0.39, 0.29) is 16.6 Å². The smallest absolute Gasteiger partial charge is 0.261 e. The molecular weight excluding hydrogens is 391 g/mol. The Kier molecular flexibility index (Phi) is 6.29. The molecule has 150 valence electrons. The first-order chi connectivity index (χ1) is 13.8. The SMILES string of the molecule is Cc1ccccc1NS(=O)(=O)c1ccc(C(=O)NCCc2ccc(F)cc2)cc1. The quantitative estimate of drug-likeness (QED) is 0.618. The number of nitrogens with one attached hydrogen (secondary N) is 2. The summed E-state index contributed by atoms with van der Waals surface area (Å²) in [5, 5.41) is 2.77. The van der Waals surface area contributed by atoms with Gasteiger partial charge in [-0.15, -0.1) is 0 Å². The van der Waals surface area contributed by atoms with Gasteiger partial charge in [-0.1, -0.05) is 30.3 Å². The third-order valence-corrected chi connectivity index (χ3v) is 5.81. The fourth-order valence-corrected chi connectivity index (χ4v) is 3.88. The summed E-state index contributed by atoms with van der Waals surface area (Å²) >= 11 is 0. The van der Waals surface area contributed by atoms with Crippen LogP contribution < -0.4 is 10.0 Å². The zero-order valence-corrected chi connectivity index (χ0v) is 16.7. The van der Waals surface area contributed by atoms with Crippen molar-refractivity contribution in [3.8, 4) is 0 Å². The molecule has 0 spiro atoms. The molecule has 5 nitrogen and oxygen atoms in total. The van der Waals surface area contributed by atoms with Gasteiger partial charge in [0.25, 0.3) is 15.9 Å². The molecule has 0 fully saturated rings. The van der Waals surface area contributed by atoms with Gasteiger partial charge in [0, 0.05) is 12.1 Å². The zero-order valence-electron chi connectivity index (χ0n) is 15.9. The highest BCUT2D eigenvalue weighted by atomic mass is 32.2. The van der Waals surface area contributed by atoms with Gasteiger partial charge in [0.15, 0.2) is 0 Å². The summed E-state index contributed by atoms with van der Waals surface area (Å²) in [6.45, 7) is 2.20. The van der Waals surface area contributed by atoms with E-state index >= 15 is 0 Å². The van der Waals surface area contributed by atoms with Gasteiger partial charge < -0.3 is 5.32 Å². The summed E-state index contributed by atoms with van der Waals surface area (Å²) in [5.41, 5.74) is 2.60. The highest BCUT2D eigenvalue weighted by Crippen LogP contribution is 2.19. The summed E-state index contributed by atoms with van der Waals surface area (Å²) in [7, 11) is -3.75. The normalized spacial score (nSPS) is 11.1. The zero-order chi connectivity index (χ0) is 20.9. The molecule has 1 amide bonds. The van der Waals surface area contributed by atoms with Gasteiger partial charge in [0.05, 0.1) is 10.6 Å². The minimum absolute atomic E-state index is 0.0728. The van der Waals surface area contributed by atoms with Crippen molar-refractivity contribution in [1.29, 1.82) is 0 Å². The molecule has 3 rings (SSSR count). The van der Waals surface area contributed by atoms with Crippen LogP contribution in [0.1, 0.15) is 21.5 Å². The molecule has 0 aliphatic rings. The Morgan fingerprint density at radius 2 is 1.59 bits per heavy atom. The topological polar surface area (TPSA) is 75.3 Å². The van der Waals surface area contributed by atoms with Crippen LogP contribution in [0.3, 0.4) is 0 Å². The van der Waals surface area contributed by atoms with E-state index in [1.807, 2.05) is 19.1 Å². The van der Waals surface area contributed by atoms with Gasteiger partial charge in [-0.05, 0) is 66.9 Å². The van der Waals surface area contributed by atoms with Crippen LogP contribution in [0.2, 0.25) is 0 Å². The first kappa shape index (κ1) is 20.5. The van der Waals surface area contributed by atoms with Gasteiger partial charge in [-0.25, -0.2) is 12.8 Å². The molecule has 0 saturated heterocycles. The minimum atomic E-state index is -3.75. The monoisotopic (exact) mass is 412 g/mol. The highest BCUT2D eigenvalue weighted by Gasteiger charge is 2.16.